The standard InChI is InChI=1S/C24H25N3O3/c1-29-17-9-10-21(30-2)18(16-17)23(28)26-14-11-24(12-15-26)22-8-5-13-27(22)20-7-4-3-6-19(20)25-24/h3-10,13,16,25H,11-12,14-15H2,1-2H3. The molecule has 2 aromatic carbocycles. The first-order valence-electron chi connectivity index (χ1n) is 10.2. The van der Waals surface area contributed by atoms with Crippen LogP contribution in [0, 0.1) is 0 Å². The van der Waals surface area contributed by atoms with Gasteiger partial charge in [0.2, 0.25) is 0 Å². The second-order valence-electron chi connectivity index (χ2n) is 7.85. The van der Waals surface area contributed by atoms with Crippen molar-refractivity contribution < 1.29 is 14.3 Å². The highest BCUT2D eigenvalue weighted by molar-refractivity contribution is 5.97. The van der Waals surface area contributed by atoms with Crippen LogP contribution < -0.4 is 14.8 Å². The van der Waals surface area contributed by atoms with Crippen LogP contribution in [0.4, 0.5) is 5.69 Å². The molecular weight excluding hydrogens is 378 g/mol. The molecule has 0 radical (unpaired) electrons. The number of fused-ring (bicyclic) bond motifs is 4. The largest absolute Gasteiger partial charge is 0.497 e. The highest BCUT2D eigenvalue weighted by Crippen LogP contribution is 2.43. The zero-order valence-electron chi connectivity index (χ0n) is 17.2. The summed E-state index contributed by atoms with van der Waals surface area (Å²) in [6, 6.07) is 18.0. The van der Waals surface area contributed by atoms with E-state index in [0.29, 0.717) is 30.2 Å². The maximum atomic E-state index is 13.3. The molecule has 2 aliphatic heterocycles. The Morgan fingerprint density at radius 3 is 2.57 bits per heavy atom. The molecule has 1 N–H and O–H groups in total. The number of aromatic nitrogens is 1. The predicted octanol–water partition coefficient (Wildman–Crippen LogP) is 4.05. The number of benzene rings is 2. The summed E-state index contributed by atoms with van der Waals surface area (Å²) in [6.45, 7) is 1.33. The summed E-state index contributed by atoms with van der Waals surface area (Å²) < 4.78 is 13.0. The van der Waals surface area contributed by atoms with E-state index >= 15 is 0 Å². The van der Waals surface area contributed by atoms with Crippen molar-refractivity contribution in [3.05, 3.63) is 72.1 Å². The molecule has 2 aliphatic rings. The number of nitrogens with zero attached hydrogens (tertiary/aromatic N) is 2. The van der Waals surface area contributed by atoms with E-state index in [0.717, 1.165) is 18.5 Å². The van der Waals surface area contributed by atoms with Crippen molar-refractivity contribution in [3.8, 4) is 17.2 Å². The number of methoxy groups -OCH3 is 2. The third kappa shape index (κ3) is 2.83. The normalized spacial score (nSPS) is 16.4. The van der Waals surface area contributed by atoms with Crippen molar-refractivity contribution in [2.75, 3.05) is 32.6 Å². The predicted molar refractivity (Wildman–Crippen MR) is 116 cm³/mol. The number of ether oxygens (including phenoxy) is 2. The maximum Gasteiger partial charge on any atom is 0.257 e. The van der Waals surface area contributed by atoms with E-state index in [4.69, 9.17) is 9.47 Å². The van der Waals surface area contributed by atoms with Crippen molar-refractivity contribution in [1.82, 2.24) is 9.47 Å². The van der Waals surface area contributed by atoms with Crippen LogP contribution in [0.5, 0.6) is 11.5 Å². The van der Waals surface area contributed by atoms with Crippen LogP contribution in [0.3, 0.4) is 0 Å². The molecular formula is C24H25N3O3. The first-order chi connectivity index (χ1) is 14.6. The van der Waals surface area contributed by atoms with Gasteiger partial charge >= 0.3 is 0 Å². The summed E-state index contributed by atoms with van der Waals surface area (Å²) in [4.78, 5) is 15.2. The number of carbonyl (C=O) groups is 1. The monoisotopic (exact) mass is 403 g/mol. The van der Waals surface area contributed by atoms with E-state index in [1.165, 1.54) is 11.4 Å². The molecule has 6 heteroatoms. The highest BCUT2D eigenvalue weighted by atomic mass is 16.5. The molecule has 1 spiro atoms. The molecule has 1 fully saturated rings. The number of hydrogen-bond donors (Lipinski definition) is 1. The Morgan fingerprint density at radius 2 is 1.80 bits per heavy atom. The Kier molecular flexibility index (Phi) is 4.42. The van der Waals surface area contributed by atoms with Gasteiger partial charge in [-0.3, -0.25) is 4.79 Å². The number of amides is 1. The Labute approximate surface area is 176 Å². The van der Waals surface area contributed by atoms with Gasteiger partial charge < -0.3 is 24.3 Å². The van der Waals surface area contributed by atoms with E-state index < -0.39 is 0 Å². The van der Waals surface area contributed by atoms with Crippen LogP contribution in [-0.4, -0.2) is 42.7 Å². The molecule has 0 atom stereocenters. The fourth-order valence-electron chi connectivity index (χ4n) is 4.72. The van der Waals surface area contributed by atoms with Crippen molar-refractivity contribution in [2.45, 2.75) is 18.4 Å². The summed E-state index contributed by atoms with van der Waals surface area (Å²) >= 11 is 0. The lowest BCUT2D eigenvalue weighted by atomic mass is 9.82. The van der Waals surface area contributed by atoms with Gasteiger partial charge in [-0.05, 0) is 55.3 Å². The zero-order valence-corrected chi connectivity index (χ0v) is 17.2. The second kappa shape index (κ2) is 7.13. The average molecular weight is 403 g/mol. The summed E-state index contributed by atoms with van der Waals surface area (Å²) in [6.07, 6.45) is 3.79. The van der Waals surface area contributed by atoms with E-state index in [2.05, 4.69) is 52.5 Å². The smallest absolute Gasteiger partial charge is 0.257 e. The number of anilines is 1. The van der Waals surface area contributed by atoms with Crippen LogP contribution in [0.25, 0.3) is 5.69 Å². The van der Waals surface area contributed by atoms with Crippen molar-refractivity contribution >= 4 is 11.6 Å². The third-order valence-corrected chi connectivity index (χ3v) is 6.32. The van der Waals surface area contributed by atoms with Gasteiger partial charge in [0, 0.05) is 25.0 Å². The fraction of sp³-hybridized carbons (Fsp3) is 0.292. The van der Waals surface area contributed by atoms with Crippen LogP contribution in [0.2, 0.25) is 0 Å². The second-order valence-corrected chi connectivity index (χ2v) is 7.85. The summed E-state index contributed by atoms with van der Waals surface area (Å²) in [5, 5.41) is 3.79. The van der Waals surface area contributed by atoms with Gasteiger partial charge in [0.1, 0.15) is 11.5 Å². The summed E-state index contributed by atoms with van der Waals surface area (Å²) in [7, 11) is 3.18. The lowest BCUT2D eigenvalue weighted by Crippen LogP contribution is -2.51. The van der Waals surface area contributed by atoms with Gasteiger partial charge in [-0.15, -0.1) is 0 Å². The SMILES string of the molecule is COc1ccc(OC)c(C(=O)N2CCC3(CC2)Nc2ccccc2-n2cccc23)c1. The first-order valence-corrected chi connectivity index (χ1v) is 10.2. The minimum Gasteiger partial charge on any atom is -0.497 e. The molecule has 0 unspecified atom stereocenters. The summed E-state index contributed by atoms with van der Waals surface area (Å²) in [5.41, 5.74) is 3.93. The highest BCUT2D eigenvalue weighted by Gasteiger charge is 2.42. The van der Waals surface area contributed by atoms with Crippen LogP contribution in [0.15, 0.2) is 60.8 Å². The molecule has 1 saturated heterocycles. The van der Waals surface area contributed by atoms with Crippen LogP contribution >= 0.6 is 0 Å². The number of likely N-dealkylation sites (tertiary alicyclic amines) is 1. The number of nitrogens with one attached hydrogen (secondary N) is 1. The summed E-state index contributed by atoms with van der Waals surface area (Å²) in [5.74, 6) is 1.20. The minimum atomic E-state index is -0.174. The molecule has 1 amide bonds. The molecule has 154 valence electrons. The van der Waals surface area contributed by atoms with Gasteiger partial charge in [-0.2, -0.15) is 0 Å². The third-order valence-electron chi connectivity index (χ3n) is 6.32. The van der Waals surface area contributed by atoms with Gasteiger partial charge in [0.15, 0.2) is 0 Å². The lowest BCUT2D eigenvalue weighted by molar-refractivity contribution is 0.0672. The number of para-hydroxylation sites is 2. The maximum absolute atomic E-state index is 13.3. The van der Waals surface area contributed by atoms with Gasteiger partial charge in [-0.25, -0.2) is 0 Å². The van der Waals surface area contributed by atoms with Crippen molar-refractivity contribution in [1.29, 1.82) is 0 Å². The number of carbonyl (C=O) groups excluding carboxylic acids is 1. The van der Waals surface area contributed by atoms with E-state index in [-0.39, 0.29) is 11.4 Å². The van der Waals surface area contributed by atoms with E-state index in [9.17, 15) is 4.79 Å². The minimum absolute atomic E-state index is 0.0211. The van der Waals surface area contributed by atoms with Crippen molar-refractivity contribution in [3.63, 3.8) is 0 Å². The topological polar surface area (TPSA) is 55.7 Å². The Bertz CT molecular complexity index is 1100. The van der Waals surface area contributed by atoms with Gasteiger partial charge in [0.25, 0.3) is 5.91 Å². The van der Waals surface area contributed by atoms with Crippen LogP contribution in [-0.2, 0) is 5.54 Å². The molecule has 0 aliphatic carbocycles. The van der Waals surface area contributed by atoms with Crippen molar-refractivity contribution in [2.24, 2.45) is 0 Å². The first kappa shape index (κ1) is 18.6. The average Bonchev–Trinajstić information content (AvgIpc) is 3.30. The molecule has 5 rings (SSSR count). The van der Waals surface area contributed by atoms with Gasteiger partial charge in [0.05, 0.1) is 36.7 Å². The molecule has 0 bridgehead atoms. The number of piperidine rings is 1. The van der Waals surface area contributed by atoms with E-state index in [1.807, 2.05) is 4.90 Å². The number of rotatable bonds is 3. The quantitative estimate of drug-likeness (QED) is 0.717. The van der Waals surface area contributed by atoms with Crippen LogP contribution in [0.1, 0.15) is 28.9 Å². The Hall–Kier alpha value is -3.41. The molecule has 3 heterocycles. The fourth-order valence-corrected chi connectivity index (χ4v) is 4.72. The molecule has 30 heavy (non-hydrogen) atoms. The molecule has 3 aromatic rings. The van der Waals surface area contributed by atoms with E-state index in [1.54, 1.807) is 32.4 Å². The van der Waals surface area contributed by atoms with Gasteiger partial charge in [-0.1, -0.05) is 12.1 Å². The molecule has 1 aromatic heterocycles. The number of hydrogen-bond acceptors (Lipinski definition) is 4. The molecule has 6 nitrogen and oxygen atoms in total. The Balaban J connectivity index is 1.41. The zero-order chi connectivity index (χ0) is 20.7. The lowest BCUT2D eigenvalue weighted by Gasteiger charge is -2.46. The molecule has 0 saturated carbocycles. The Morgan fingerprint density at radius 1 is 1.00 bits per heavy atom.